The smallest absolute Gasteiger partial charge is 0.301 e. The summed E-state index contributed by atoms with van der Waals surface area (Å²) in [5.41, 5.74) is 0.639. The van der Waals surface area contributed by atoms with Gasteiger partial charge in [-0.3, -0.25) is 9.59 Å². The van der Waals surface area contributed by atoms with E-state index >= 15 is 0 Å². The number of methoxy groups -OCH3 is 2. The molecule has 0 radical (unpaired) electrons. The molecule has 0 fully saturated rings. The van der Waals surface area contributed by atoms with Gasteiger partial charge in [-0.1, -0.05) is 12.1 Å². The molecule has 2 aromatic carbocycles. The third-order valence-corrected chi connectivity index (χ3v) is 4.20. The number of amides is 2. The molecule has 0 saturated carbocycles. The van der Waals surface area contributed by atoms with E-state index in [1.165, 1.54) is 20.3 Å². The van der Waals surface area contributed by atoms with Crippen molar-refractivity contribution >= 4 is 23.1 Å². The highest BCUT2D eigenvalue weighted by atomic mass is 16.5. The summed E-state index contributed by atoms with van der Waals surface area (Å²) in [5, 5.41) is 10.3. The Morgan fingerprint density at radius 3 is 2.11 bits per heavy atom. The molecule has 0 aliphatic carbocycles. The zero-order valence-corrected chi connectivity index (χ0v) is 16.1. The number of ether oxygens (including phenoxy) is 3. The average molecular weight is 383 g/mol. The maximum Gasteiger partial charge on any atom is 0.301 e. The zero-order chi connectivity index (χ0) is 20.4. The van der Waals surface area contributed by atoms with Gasteiger partial charge in [-0.2, -0.15) is 0 Å². The molecule has 7 nitrogen and oxygen atoms in total. The number of imide groups is 1. The second-order valence-electron chi connectivity index (χ2n) is 6.40. The van der Waals surface area contributed by atoms with E-state index in [9.17, 15) is 14.7 Å². The van der Waals surface area contributed by atoms with Gasteiger partial charge in [0.2, 0.25) is 0 Å². The van der Waals surface area contributed by atoms with Crippen LogP contribution in [0.3, 0.4) is 0 Å². The van der Waals surface area contributed by atoms with Crippen molar-refractivity contribution in [1.82, 2.24) is 0 Å². The minimum absolute atomic E-state index is 0.00806. The Kier molecular flexibility index (Phi) is 5.26. The molecule has 3 rings (SSSR count). The number of hydrogen-bond acceptors (Lipinski definition) is 6. The molecule has 0 unspecified atom stereocenters. The van der Waals surface area contributed by atoms with Crippen LogP contribution in [0.25, 0.3) is 5.57 Å². The van der Waals surface area contributed by atoms with Crippen LogP contribution < -0.4 is 19.1 Å². The van der Waals surface area contributed by atoms with Crippen LogP contribution in [0.15, 0.2) is 48.2 Å². The van der Waals surface area contributed by atoms with Gasteiger partial charge in [-0.15, -0.1) is 0 Å². The highest BCUT2D eigenvalue weighted by Gasteiger charge is 2.40. The van der Waals surface area contributed by atoms with Gasteiger partial charge < -0.3 is 19.3 Å². The molecule has 0 bridgehead atoms. The fourth-order valence-corrected chi connectivity index (χ4v) is 2.95. The number of aliphatic hydroxyl groups is 1. The number of rotatable bonds is 6. The minimum atomic E-state index is -0.797. The van der Waals surface area contributed by atoms with Gasteiger partial charge in [0, 0.05) is 6.07 Å². The van der Waals surface area contributed by atoms with Crippen molar-refractivity contribution in [2.24, 2.45) is 0 Å². The summed E-state index contributed by atoms with van der Waals surface area (Å²) >= 11 is 0. The minimum Gasteiger partial charge on any atom is -0.502 e. The molecule has 1 aliphatic heterocycles. The predicted molar refractivity (Wildman–Crippen MR) is 104 cm³/mol. The molecule has 0 saturated heterocycles. The first-order chi connectivity index (χ1) is 13.4. The van der Waals surface area contributed by atoms with E-state index in [-0.39, 0.29) is 17.4 Å². The molecule has 7 heteroatoms. The Labute approximate surface area is 162 Å². The monoisotopic (exact) mass is 383 g/mol. The van der Waals surface area contributed by atoms with Gasteiger partial charge >= 0.3 is 5.91 Å². The van der Waals surface area contributed by atoms with Gasteiger partial charge in [0.25, 0.3) is 5.91 Å². The Morgan fingerprint density at radius 1 is 0.893 bits per heavy atom. The number of nitrogens with zero attached hydrogens (tertiary/aromatic N) is 1. The fourth-order valence-electron chi connectivity index (χ4n) is 2.95. The number of anilines is 1. The van der Waals surface area contributed by atoms with Crippen LogP contribution in [-0.4, -0.2) is 37.2 Å². The first-order valence-electron chi connectivity index (χ1n) is 8.68. The Balaban J connectivity index is 1.94. The van der Waals surface area contributed by atoms with E-state index in [1.807, 2.05) is 13.8 Å². The first kappa shape index (κ1) is 19.3. The summed E-state index contributed by atoms with van der Waals surface area (Å²) in [6.07, 6.45) is 0.00806. The van der Waals surface area contributed by atoms with E-state index < -0.39 is 17.6 Å². The van der Waals surface area contributed by atoms with Crippen LogP contribution in [0.4, 0.5) is 5.69 Å². The molecule has 1 heterocycles. The van der Waals surface area contributed by atoms with Gasteiger partial charge in [-0.25, -0.2) is 4.90 Å². The van der Waals surface area contributed by atoms with Crippen LogP contribution in [0.2, 0.25) is 0 Å². The lowest BCUT2D eigenvalue weighted by atomic mass is 10.1. The predicted octanol–water partition coefficient (Wildman–Crippen LogP) is 3.33. The second kappa shape index (κ2) is 7.64. The van der Waals surface area contributed by atoms with Crippen molar-refractivity contribution in [3.05, 3.63) is 53.8 Å². The van der Waals surface area contributed by atoms with Gasteiger partial charge in [0.15, 0.2) is 17.3 Å². The van der Waals surface area contributed by atoms with Crippen LogP contribution in [0, 0.1) is 0 Å². The molecule has 1 aliphatic rings. The highest BCUT2D eigenvalue weighted by molar-refractivity contribution is 6.44. The molecule has 28 heavy (non-hydrogen) atoms. The summed E-state index contributed by atoms with van der Waals surface area (Å²) in [5.74, 6) is -0.557. The molecule has 146 valence electrons. The van der Waals surface area contributed by atoms with Crippen molar-refractivity contribution in [2.45, 2.75) is 20.0 Å². The van der Waals surface area contributed by atoms with Crippen LogP contribution in [-0.2, 0) is 9.59 Å². The van der Waals surface area contributed by atoms with E-state index in [2.05, 4.69) is 0 Å². The lowest BCUT2D eigenvalue weighted by Crippen LogP contribution is -2.31. The Hall–Kier alpha value is -3.48. The topological polar surface area (TPSA) is 85.3 Å². The van der Waals surface area contributed by atoms with E-state index in [4.69, 9.17) is 14.2 Å². The van der Waals surface area contributed by atoms with Gasteiger partial charge in [-0.05, 0) is 43.7 Å². The molecule has 2 amide bonds. The lowest BCUT2D eigenvalue weighted by Gasteiger charge is -2.17. The second-order valence-corrected chi connectivity index (χ2v) is 6.40. The van der Waals surface area contributed by atoms with Crippen molar-refractivity contribution in [2.75, 3.05) is 19.1 Å². The van der Waals surface area contributed by atoms with Gasteiger partial charge in [0.05, 0.1) is 31.6 Å². The summed E-state index contributed by atoms with van der Waals surface area (Å²) < 4.78 is 16.0. The molecule has 0 aromatic heterocycles. The normalized spacial score (nSPS) is 14.1. The average Bonchev–Trinajstić information content (AvgIpc) is 2.90. The molecular weight excluding hydrogens is 362 g/mol. The van der Waals surface area contributed by atoms with Crippen LogP contribution in [0.1, 0.15) is 19.4 Å². The van der Waals surface area contributed by atoms with E-state index in [0.29, 0.717) is 22.8 Å². The standard InChI is InChI=1S/C21H21NO6/c1-12(2)28-15-8-5-13(6-9-15)18-19(23)21(25)22(20(18)24)14-7-10-16(26-3)17(11-14)27-4/h5-12,23H,1-4H3. The molecule has 2 aromatic rings. The maximum atomic E-state index is 12.9. The Bertz CT molecular complexity index is 946. The number of carbonyl (C=O) groups excluding carboxylic acids is 2. The lowest BCUT2D eigenvalue weighted by molar-refractivity contribution is -0.121. The number of aliphatic hydroxyl groups excluding tert-OH is 1. The van der Waals surface area contributed by atoms with Gasteiger partial charge in [0.1, 0.15) is 5.75 Å². The summed E-state index contributed by atoms with van der Waals surface area (Å²) in [4.78, 5) is 26.4. The van der Waals surface area contributed by atoms with Crippen molar-refractivity contribution in [3.8, 4) is 17.2 Å². The SMILES string of the molecule is COc1ccc(N2C(=O)C(O)=C(c3ccc(OC(C)C)cc3)C2=O)cc1OC. The quantitative estimate of drug-likeness (QED) is 0.770. The highest BCUT2D eigenvalue weighted by Crippen LogP contribution is 2.36. The number of benzene rings is 2. The molecule has 0 atom stereocenters. The van der Waals surface area contributed by atoms with E-state index in [0.717, 1.165) is 4.90 Å². The summed E-state index contributed by atoms with van der Waals surface area (Å²) in [7, 11) is 2.94. The summed E-state index contributed by atoms with van der Waals surface area (Å²) in [6, 6.07) is 11.3. The van der Waals surface area contributed by atoms with Crippen molar-refractivity contribution in [1.29, 1.82) is 0 Å². The van der Waals surface area contributed by atoms with Crippen LogP contribution in [0.5, 0.6) is 17.2 Å². The first-order valence-corrected chi connectivity index (χ1v) is 8.68. The van der Waals surface area contributed by atoms with Crippen LogP contribution >= 0.6 is 0 Å². The third kappa shape index (κ3) is 3.38. The molecular formula is C21H21NO6. The maximum absolute atomic E-state index is 12.9. The summed E-state index contributed by atoms with van der Waals surface area (Å²) in [6.45, 7) is 3.81. The van der Waals surface area contributed by atoms with Crippen molar-refractivity contribution in [3.63, 3.8) is 0 Å². The number of carbonyl (C=O) groups is 2. The number of hydrogen-bond donors (Lipinski definition) is 1. The molecule has 1 N–H and O–H groups in total. The zero-order valence-electron chi connectivity index (χ0n) is 16.1. The largest absolute Gasteiger partial charge is 0.502 e. The fraction of sp³-hybridized carbons (Fsp3) is 0.238. The molecule has 0 spiro atoms. The third-order valence-electron chi connectivity index (χ3n) is 4.20. The van der Waals surface area contributed by atoms with E-state index in [1.54, 1.807) is 36.4 Å². The Morgan fingerprint density at radius 2 is 1.54 bits per heavy atom. The van der Waals surface area contributed by atoms with Crippen molar-refractivity contribution < 1.29 is 28.9 Å².